The highest BCUT2D eigenvalue weighted by Gasteiger charge is 2.37. The van der Waals surface area contributed by atoms with Crippen molar-refractivity contribution in [2.75, 3.05) is 20.8 Å². The first-order valence-electron chi connectivity index (χ1n) is 10.6. The van der Waals surface area contributed by atoms with Crippen LogP contribution in [0, 0.1) is 0 Å². The van der Waals surface area contributed by atoms with Gasteiger partial charge in [-0.15, -0.1) is 0 Å². The lowest BCUT2D eigenvalue weighted by molar-refractivity contribution is -0.142. The number of nitrogens with zero attached hydrogens (tertiary/aromatic N) is 1. The Balaban J connectivity index is 1.76. The molecule has 1 aliphatic rings. The van der Waals surface area contributed by atoms with Gasteiger partial charge in [0.15, 0.2) is 11.5 Å². The highest BCUT2D eigenvalue weighted by Crippen LogP contribution is 2.39. The maximum atomic E-state index is 12.0. The Bertz CT molecular complexity index is 1070. The van der Waals surface area contributed by atoms with Crippen LogP contribution < -0.4 is 14.2 Å². The molecule has 0 spiro atoms. The number of ether oxygens (including phenoxy) is 3. The number of benzene rings is 3. The molecule has 6 nitrogen and oxygen atoms in total. The summed E-state index contributed by atoms with van der Waals surface area (Å²) in [6.07, 6.45) is 1.46. The molecular formula is C26H27NO5. The van der Waals surface area contributed by atoms with E-state index in [9.17, 15) is 9.90 Å². The van der Waals surface area contributed by atoms with Crippen molar-refractivity contribution >= 4 is 5.97 Å². The number of aliphatic carboxylic acids is 1. The van der Waals surface area contributed by atoms with E-state index in [1.165, 1.54) is 0 Å². The largest absolute Gasteiger partial charge is 0.493 e. The van der Waals surface area contributed by atoms with Gasteiger partial charge >= 0.3 is 5.97 Å². The van der Waals surface area contributed by atoms with E-state index < -0.39 is 12.0 Å². The molecule has 1 fully saturated rings. The van der Waals surface area contributed by atoms with Crippen molar-refractivity contribution in [3.05, 3.63) is 83.9 Å². The number of para-hydroxylation sites is 1. The van der Waals surface area contributed by atoms with Crippen LogP contribution in [-0.2, 0) is 4.79 Å². The maximum absolute atomic E-state index is 12.0. The summed E-state index contributed by atoms with van der Waals surface area (Å²) in [5, 5.41) is 9.85. The molecule has 2 atom stereocenters. The predicted octanol–water partition coefficient (Wildman–Crippen LogP) is 5.13. The monoisotopic (exact) mass is 433 g/mol. The minimum Gasteiger partial charge on any atom is -0.493 e. The molecule has 4 rings (SSSR count). The van der Waals surface area contributed by atoms with Gasteiger partial charge in [0.1, 0.15) is 17.5 Å². The summed E-state index contributed by atoms with van der Waals surface area (Å²) in [6, 6.07) is 22.4. The Labute approximate surface area is 188 Å². The topological polar surface area (TPSA) is 68.2 Å². The van der Waals surface area contributed by atoms with Crippen LogP contribution in [0.25, 0.3) is 0 Å². The summed E-state index contributed by atoms with van der Waals surface area (Å²) in [5.74, 6) is 1.89. The normalized spacial score (nSPS) is 17.0. The summed E-state index contributed by atoms with van der Waals surface area (Å²) < 4.78 is 17.0. The second-order valence-electron chi connectivity index (χ2n) is 7.74. The SMILES string of the molecule is COc1ccc(C(c2cccc(Oc3ccccc3)c2)N2CCCC2C(=O)O)cc1OC. The molecule has 0 amide bonds. The van der Waals surface area contributed by atoms with Gasteiger partial charge < -0.3 is 19.3 Å². The Morgan fingerprint density at radius 2 is 1.62 bits per heavy atom. The number of methoxy groups -OCH3 is 2. The molecule has 1 aliphatic heterocycles. The molecule has 0 saturated carbocycles. The number of hydrogen-bond acceptors (Lipinski definition) is 5. The summed E-state index contributed by atoms with van der Waals surface area (Å²) in [4.78, 5) is 14.0. The Morgan fingerprint density at radius 3 is 2.34 bits per heavy atom. The van der Waals surface area contributed by atoms with E-state index in [1.54, 1.807) is 14.2 Å². The van der Waals surface area contributed by atoms with Crippen molar-refractivity contribution in [2.45, 2.75) is 24.9 Å². The van der Waals surface area contributed by atoms with Gasteiger partial charge in [0.2, 0.25) is 0 Å². The molecule has 32 heavy (non-hydrogen) atoms. The number of rotatable bonds is 8. The Morgan fingerprint density at radius 1 is 0.906 bits per heavy atom. The first-order chi connectivity index (χ1) is 15.6. The van der Waals surface area contributed by atoms with Crippen molar-refractivity contribution in [3.63, 3.8) is 0 Å². The zero-order valence-electron chi connectivity index (χ0n) is 18.2. The molecule has 3 aromatic rings. The van der Waals surface area contributed by atoms with Crippen LogP contribution in [0.4, 0.5) is 0 Å². The van der Waals surface area contributed by atoms with Crippen molar-refractivity contribution in [3.8, 4) is 23.0 Å². The zero-order chi connectivity index (χ0) is 22.5. The maximum Gasteiger partial charge on any atom is 0.320 e. The molecule has 0 aromatic heterocycles. The zero-order valence-corrected chi connectivity index (χ0v) is 18.2. The van der Waals surface area contributed by atoms with Crippen molar-refractivity contribution < 1.29 is 24.1 Å². The van der Waals surface area contributed by atoms with Crippen LogP contribution in [-0.4, -0.2) is 42.8 Å². The van der Waals surface area contributed by atoms with Gasteiger partial charge in [0, 0.05) is 6.54 Å². The van der Waals surface area contributed by atoms with Gasteiger partial charge in [0.25, 0.3) is 0 Å². The molecule has 1 N–H and O–H groups in total. The van der Waals surface area contributed by atoms with Gasteiger partial charge in [-0.05, 0) is 60.4 Å². The van der Waals surface area contributed by atoms with Crippen LogP contribution in [0.15, 0.2) is 72.8 Å². The van der Waals surface area contributed by atoms with E-state index >= 15 is 0 Å². The average molecular weight is 434 g/mol. The first-order valence-corrected chi connectivity index (χ1v) is 10.6. The number of hydrogen-bond donors (Lipinski definition) is 1. The minimum atomic E-state index is -0.801. The fourth-order valence-electron chi connectivity index (χ4n) is 4.33. The van der Waals surface area contributed by atoms with Crippen LogP contribution in [0.1, 0.15) is 30.0 Å². The van der Waals surface area contributed by atoms with E-state index in [1.807, 2.05) is 77.7 Å². The number of carboxylic acids is 1. The highest BCUT2D eigenvalue weighted by molar-refractivity contribution is 5.74. The smallest absolute Gasteiger partial charge is 0.320 e. The van der Waals surface area contributed by atoms with Crippen LogP contribution in [0.5, 0.6) is 23.0 Å². The Kier molecular flexibility index (Phi) is 6.61. The van der Waals surface area contributed by atoms with E-state index in [0.29, 0.717) is 30.2 Å². The summed E-state index contributed by atoms with van der Waals surface area (Å²) >= 11 is 0. The Hall–Kier alpha value is -3.51. The molecule has 0 bridgehead atoms. The number of carboxylic acid groups (broad SMARTS) is 1. The van der Waals surface area contributed by atoms with Gasteiger partial charge in [-0.25, -0.2) is 0 Å². The van der Waals surface area contributed by atoms with E-state index in [4.69, 9.17) is 14.2 Å². The lowest BCUT2D eigenvalue weighted by atomic mass is 9.95. The van der Waals surface area contributed by atoms with Crippen molar-refractivity contribution in [1.82, 2.24) is 4.90 Å². The third kappa shape index (κ3) is 4.55. The number of carbonyl (C=O) groups is 1. The molecule has 2 unspecified atom stereocenters. The fourth-order valence-corrected chi connectivity index (χ4v) is 4.33. The predicted molar refractivity (Wildman–Crippen MR) is 122 cm³/mol. The number of likely N-dealkylation sites (tertiary alicyclic amines) is 1. The highest BCUT2D eigenvalue weighted by atomic mass is 16.5. The van der Waals surface area contributed by atoms with E-state index in [0.717, 1.165) is 23.3 Å². The lowest BCUT2D eigenvalue weighted by Crippen LogP contribution is -2.39. The van der Waals surface area contributed by atoms with E-state index in [-0.39, 0.29) is 6.04 Å². The summed E-state index contributed by atoms with van der Waals surface area (Å²) in [6.45, 7) is 0.694. The quantitative estimate of drug-likeness (QED) is 0.531. The average Bonchev–Trinajstić information content (AvgIpc) is 3.30. The molecule has 3 aromatic carbocycles. The third-order valence-electron chi connectivity index (χ3n) is 5.79. The standard InChI is InChI=1S/C26H27NO5/c1-30-23-14-13-19(17-24(23)31-2)25(27-15-7-12-22(27)26(28)29)18-8-6-11-21(16-18)32-20-9-4-3-5-10-20/h3-6,8-11,13-14,16-17,22,25H,7,12,15H2,1-2H3,(H,28,29). The van der Waals surface area contributed by atoms with Gasteiger partial charge in [-0.1, -0.05) is 36.4 Å². The molecular weight excluding hydrogens is 406 g/mol. The third-order valence-corrected chi connectivity index (χ3v) is 5.79. The molecule has 166 valence electrons. The molecule has 1 saturated heterocycles. The van der Waals surface area contributed by atoms with Crippen molar-refractivity contribution in [2.24, 2.45) is 0 Å². The molecule has 6 heteroatoms. The van der Waals surface area contributed by atoms with Crippen LogP contribution >= 0.6 is 0 Å². The minimum absolute atomic E-state index is 0.266. The molecule has 0 radical (unpaired) electrons. The van der Waals surface area contributed by atoms with Crippen molar-refractivity contribution in [1.29, 1.82) is 0 Å². The van der Waals surface area contributed by atoms with Gasteiger partial charge in [0.05, 0.1) is 20.3 Å². The van der Waals surface area contributed by atoms with Crippen LogP contribution in [0.2, 0.25) is 0 Å². The molecule has 1 heterocycles. The summed E-state index contributed by atoms with van der Waals surface area (Å²) in [7, 11) is 3.20. The first kappa shape index (κ1) is 21.7. The van der Waals surface area contributed by atoms with Gasteiger partial charge in [-0.2, -0.15) is 0 Å². The summed E-state index contributed by atoms with van der Waals surface area (Å²) in [5.41, 5.74) is 1.89. The van der Waals surface area contributed by atoms with Gasteiger partial charge in [-0.3, -0.25) is 9.69 Å². The second-order valence-corrected chi connectivity index (χ2v) is 7.74. The fraction of sp³-hybridized carbons (Fsp3) is 0.269. The lowest BCUT2D eigenvalue weighted by Gasteiger charge is -2.32. The molecule has 0 aliphatic carbocycles. The second kappa shape index (κ2) is 9.75. The van der Waals surface area contributed by atoms with E-state index in [2.05, 4.69) is 0 Å². The van der Waals surface area contributed by atoms with Crippen LogP contribution in [0.3, 0.4) is 0 Å².